The molecule has 2 heterocycles. The summed E-state index contributed by atoms with van der Waals surface area (Å²) in [5, 5.41) is 10.8. The van der Waals surface area contributed by atoms with Gasteiger partial charge in [0.1, 0.15) is 12.2 Å². The van der Waals surface area contributed by atoms with Crippen molar-refractivity contribution in [2.24, 2.45) is 0 Å². The normalized spacial score (nSPS) is 10.5. The molecule has 7 nitrogen and oxygen atoms in total. The quantitative estimate of drug-likeness (QED) is 0.495. The van der Waals surface area contributed by atoms with E-state index in [1.54, 1.807) is 6.07 Å². The van der Waals surface area contributed by atoms with Crippen LogP contribution < -0.4 is 15.7 Å². The molecule has 1 N–H and O–H groups in total. The number of benzene rings is 1. The van der Waals surface area contributed by atoms with E-state index in [2.05, 4.69) is 15.5 Å². The van der Waals surface area contributed by atoms with Crippen LogP contribution in [-0.4, -0.2) is 26.6 Å². The maximum Gasteiger partial charge on any atom is 0.295 e. The van der Waals surface area contributed by atoms with Gasteiger partial charge >= 0.3 is 0 Å². The van der Waals surface area contributed by atoms with Crippen molar-refractivity contribution in [1.29, 1.82) is 0 Å². The predicted molar refractivity (Wildman–Crippen MR) is 102 cm³/mol. The van der Waals surface area contributed by atoms with Gasteiger partial charge in [0.2, 0.25) is 5.13 Å². The van der Waals surface area contributed by atoms with E-state index in [-0.39, 0.29) is 12.2 Å². The molecule has 0 radical (unpaired) electrons. The molecular weight excluding hydrogens is 372 g/mol. The number of amides is 1. The zero-order chi connectivity index (χ0) is 18.4. The zero-order valence-electron chi connectivity index (χ0n) is 13.9. The molecule has 0 atom stereocenters. The molecule has 0 bridgehead atoms. The fourth-order valence-corrected chi connectivity index (χ4v) is 3.72. The van der Waals surface area contributed by atoms with E-state index in [0.29, 0.717) is 5.13 Å². The second kappa shape index (κ2) is 8.63. The van der Waals surface area contributed by atoms with Gasteiger partial charge in [-0.05, 0) is 23.4 Å². The maximum absolute atomic E-state index is 12.5. The standard InChI is InChI=1S/C17H16N4O3S2/c1-2-25-17-20-19-16(26-17)18-14(22)13-9-6-10-21(15(13)23)24-11-12-7-4-3-5-8-12/h3-10H,2,11H2,1H3,(H,18,19,22). The second-order valence-corrected chi connectivity index (χ2v) is 7.56. The number of aromatic nitrogens is 3. The molecule has 0 saturated heterocycles. The van der Waals surface area contributed by atoms with Gasteiger partial charge in [-0.15, -0.1) is 10.2 Å². The first-order chi connectivity index (χ1) is 12.7. The van der Waals surface area contributed by atoms with Gasteiger partial charge in [0.15, 0.2) is 4.34 Å². The van der Waals surface area contributed by atoms with Crippen LogP contribution in [0.2, 0.25) is 0 Å². The summed E-state index contributed by atoms with van der Waals surface area (Å²) in [7, 11) is 0. The van der Waals surface area contributed by atoms with Crippen LogP contribution in [0, 0.1) is 0 Å². The van der Waals surface area contributed by atoms with Gasteiger partial charge in [0, 0.05) is 6.20 Å². The minimum Gasteiger partial charge on any atom is -0.406 e. The number of hydrogen-bond donors (Lipinski definition) is 1. The van der Waals surface area contributed by atoms with Gasteiger partial charge in [-0.2, -0.15) is 4.73 Å². The Bertz CT molecular complexity index is 940. The van der Waals surface area contributed by atoms with E-state index in [1.807, 2.05) is 37.3 Å². The summed E-state index contributed by atoms with van der Waals surface area (Å²) in [5.41, 5.74) is 0.359. The van der Waals surface area contributed by atoms with Crippen molar-refractivity contribution in [3.63, 3.8) is 0 Å². The molecule has 0 spiro atoms. The van der Waals surface area contributed by atoms with Crippen LogP contribution in [0.1, 0.15) is 22.8 Å². The Morgan fingerprint density at radius 3 is 2.81 bits per heavy atom. The highest BCUT2D eigenvalue weighted by atomic mass is 32.2. The fourth-order valence-electron chi connectivity index (χ4n) is 2.07. The fraction of sp³-hybridized carbons (Fsp3) is 0.176. The lowest BCUT2D eigenvalue weighted by molar-refractivity contribution is 0.0863. The predicted octanol–water partition coefficient (Wildman–Crippen LogP) is 2.69. The van der Waals surface area contributed by atoms with Crippen LogP contribution in [0.4, 0.5) is 5.13 Å². The minimum absolute atomic E-state index is 0.0274. The number of thioether (sulfide) groups is 1. The number of carbonyl (C=O) groups is 1. The molecule has 9 heteroatoms. The van der Waals surface area contributed by atoms with Crippen LogP contribution in [-0.2, 0) is 6.61 Å². The highest BCUT2D eigenvalue weighted by molar-refractivity contribution is 8.01. The molecule has 0 saturated carbocycles. The molecular formula is C17H16N4O3S2. The number of pyridine rings is 1. The van der Waals surface area contributed by atoms with Gasteiger partial charge in [-0.3, -0.25) is 14.9 Å². The first-order valence-corrected chi connectivity index (χ1v) is 9.64. The number of rotatable bonds is 7. The molecule has 2 aromatic heterocycles. The van der Waals surface area contributed by atoms with Crippen molar-refractivity contribution < 1.29 is 9.63 Å². The third kappa shape index (κ3) is 4.50. The highest BCUT2D eigenvalue weighted by Crippen LogP contribution is 2.25. The number of hydrogen-bond acceptors (Lipinski definition) is 7. The first-order valence-electron chi connectivity index (χ1n) is 7.84. The molecule has 3 rings (SSSR count). The van der Waals surface area contributed by atoms with Gasteiger partial charge < -0.3 is 4.84 Å². The van der Waals surface area contributed by atoms with Crippen LogP contribution >= 0.6 is 23.1 Å². The largest absolute Gasteiger partial charge is 0.406 e. The monoisotopic (exact) mass is 388 g/mol. The lowest BCUT2D eigenvalue weighted by atomic mass is 10.2. The van der Waals surface area contributed by atoms with Gasteiger partial charge in [0.25, 0.3) is 11.5 Å². The van der Waals surface area contributed by atoms with E-state index in [9.17, 15) is 9.59 Å². The molecule has 0 fully saturated rings. The summed E-state index contributed by atoms with van der Waals surface area (Å²) in [6, 6.07) is 12.5. The molecule has 0 unspecified atom stereocenters. The highest BCUT2D eigenvalue weighted by Gasteiger charge is 2.15. The Kier molecular flexibility index (Phi) is 6.03. The van der Waals surface area contributed by atoms with Crippen molar-refractivity contribution in [3.8, 4) is 0 Å². The molecule has 1 amide bonds. The van der Waals surface area contributed by atoms with Crippen molar-refractivity contribution in [1.82, 2.24) is 14.9 Å². The second-order valence-electron chi connectivity index (χ2n) is 5.07. The number of carbonyl (C=O) groups excluding carboxylic acids is 1. The Hall–Kier alpha value is -2.65. The summed E-state index contributed by atoms with van der Waals surface area (Å²) >= 11 is 2.80. The van der Waals surface area contributed by atoms with Crippen LogP contribution in [0.3, 0.4) is 0 Å². The van der Waals surface area contributed by atoms with Crippen molar-refractivity contribution in [2.75, 3.05) is 11.1 Å². The van der Waals surface area contributed by atoms with E-state index in [1.165, 1.54) is 35.4 Å². The summed E-state index contributed by atoms with van der Waals surface area (Å²) < 4.78 is 1.82. The van der Waals surface area contributed by atoms with Crippen molar-refractivity contribution in [3.05, 3.63) is 70.1 Å². The van der Waals surface area contributed by atoms with E-state index < -0.39 is 11.5 Å². The number of nitrogens with zero attached hydrogens (tertiary/aromatic N) is 3. The molecule has 26 heavy (non-hydrogen) atoms. The van der Waals surface area contributed by atoms with Crippen LogP contribution in [0.5, 0.6) is 0 Å². The van der Waals surface area contributed by atoms with Crippen molar-refractivity contribution >= 4 is 34.1 Å². The SMILES string of the molecule is CCSc1nnc(NC(=O)c2cccn(OCc3ccccc3)c2=O)s1. The topological polar surface area (TPSA) is 86.1 Å². The average Bonchev–Trinajstić information content (AvgIpc) is 3.09. The van der Waals surface area contributed by atoms with E-state index >= 15 is 0 Å². The van der Waals surface area contributed by atoms with E-state index in [4.69, 9.17) is 4.84 Å². The van der Waals surface area contributed by atoms with Crippen molar-refractivity contribution in [2.45, 2.75) is 17.9 Å². The Labute approximate surface area is 158 Å². The molecule has 0 aliphatic rings. The number of nitrogens with one attached hydrogen (secondary N) is 1. The molecule has 0 aliphatic heterocycles. The third-order valence-corrected chi connectivity index (χ3v) is 5.12. The van der Waals surface area contributed by atoms with Crippen LogP contribution in [0.25, 0.3) is 0 Å². The van der Waals surface area contributed by atoms with Gasteiger partial charge in [-0.25, -0.2) is 0 Å². The summed E-state index contributed by atoms with van der Waals surface area (Å²) in [6.45, 7) is 2.23. The zero-order valence-corrected chi connectivity index (χ0v) is 15.5. The van der Waals surface area contributed by atoms with Crippen LogP contribution in [0.15, 0.2) is 57.8 Å². The molecule has 1 aromatic carbocycles. The third-order valence-electron chi connectivity index (χ3n) is 3.27. The lowest BCUT2D eigenvalue weighted by Gasteiger charge is -2.09. The van der Waals surface area contributed by atoms with Gasteiger partial charge in [-0.1, -0.05) is 60.4 Å². The number of anilines is 1. The molecule has 0 aliphatic carbocycles. The first kappa shape index (κ1) is 18.2. The Balaban J connectivity index is 1.71. The van der Waals surface area contributed by atoms with E-state index in [0.717, 1.165) is 20.4 Å². The molecule has 3 aromatic rings. The smallest absolute Gasteiger partial charge is 0.295 e. The minimum atomic E-state index is -0.545. The molecule has 134 valence electrons. The Morgan fingerprint density at radius 2 is 2.04 bits per heavy atom. The summed E-state index contributed by atoms with van der Waals surface area (Å²) in [6.07, 6.45) is 1.48. The summed E-state index contributed by atoms with van der Waals surface area (Å²) in [4.78, 5) is 30.3. The average molecular weight is 388 g/mol. The summed E-state index contributed by atoms with van der Waals surface area (Å²) in [5.74, 6) is 0.321. The van der Waals surface area contributed by atoms with Gasteiger partial charge in [0.05, 0.1) is 0 Å². The maximum atomic E-state index is 12.5. The lowest BCUT2D eigenvalue weighted by Crippen LogP contribution is -2.32. The Morgan fingerprint density at radius 1 is 1.23 bits per heavy atom.